The van der Waals surface area contributed by atoms with Crippen LogP contribution in [-0.4, -0.2) is 10.5 Å². The van der Waals surface area contributed by atoms with E-state index in [4.69, 9.17) is 16.3 Å². The third-order valence-electron chi connectivity index (χ3n) is 5.27. The first kappa shape index (κ1) is 22.6. The summed E-state index contributed by atoms with van der Waals surface area (Å²) < 4.78 is 7.72. The lowest BCUT2D eigenvalue weighted by atomic mass is 10.1. The highest BCUT2D eigenvalue weighted by molar-refractivity contribution is 6.30. The molecular weight excluding hydrogens is 412 g/mol. The highest BCUT2D eigenvalue weighted by Gasteiger charge is 2.24. The minimum atomic E-state index is -0.367. The Labute approximate surface area is 187 Å². The summed E-state index contributed by atoms with van der Waals surface area (Å²) in [5.41, 5.74) is 1.69. The van der Waals surface area contributed by atoms with Gasteiger partial charge in [0.25, 0.3) is 5.91 Å². The molecule has 1 aromatic heterocycles. The fraction of sp³-hybridized carbons (Fsp3) is 0.280. The van der Waals surface area contributed by atoms with Crippen molar-refractivity contribution in [3.8, 4) is 5.75 Å². The number of carbonyl (C=O) groups excluding carboxylic acids is 1. The summed E-state index contributed by atoms with van der Waals surface area (Å²) in [6.07, 6.45) is 1.66. The average Bonchev–Trinajstić information content (AvgIpc) is 2.76. The van der Waals surface area contributed by atoms with E-state index in [1.165, 1.54) is 6.07 Å². The van der Waals surface area contributed by atoms with Gasteiger partial charge in [0.05, 0.1) is 0 Å². The largest absolute Gasteiger partial charge is 0.483 e. The van der Waals surface area contributed by atoms with E-state index in [0.29, 0.717) is 5.02 Å². The Kier molecular flexibility index (Phi) is 7.53. The number of pyridine rings is 1. The lowest BCUT2D eigenvalue weighted by Crippen LogP contribution is -2.31. The maximum absolute atomic E-state index is 13.3. The molecule has 0 aliphatic carbocycles. The van der Waals surface area contributed by atoms with Crippen LogP contribution >= 0.6 is 11.6 Å². The van der Waals surface area contributed by atoms with Gasteiger partial charge in [0.15, 0.2) is 11.4 Å². The Hall–Kier alpha value is -3.05. The van der Waals surface area contributed by atoms with Gasteiger partial charge >= 0.3 is 0 Å². The number of halogens is 1. The Morgan fingerprint density at radius 1 is 1.03 bits per heavy atom. The van der Waals surface area contributed by atoms with E-state index in [2.05, 4.69) is 19.2 Å². The molecule has 5 nitrogen and oxygen atoms in total. The number of nitrogens with zero attached hydrogens (tertiary/aromatic N) is 1. The zero-order valence-corrected chi connectivity index (χ0v) is 18.7. The monoisotopic (exact) mass is 438 g/mol. The molecule has 0 aliphatic rings. The standard InChI is InChI=1S/C25H27ClN2O3/c1-17(2)18(3)28-13-12-22(29)24(31-16-19-8-5-4-6-9-19)23(28)25(30)27-15-20-10-7-11-21(26)14-20/h4-14,17-18H,15-16H2,1-3H3,(H,27,30). The minimum Gasteiger partial charge on any atom is -0.483 e. The molecule has 3 aromatic rings. The number of nitrogens with one attached hydrogen (secondary N) is 1. The van der Waals surface area contributed by atoms with Gasteiger partial charge in [0.2, 0.25) is 5.43 Å². The fourth-order valence-electron chi connectivity index (χ4n) is 3.20. The first-order chi connectivity index (χ1) is 14.9. The molecule has 3 rings (SSSR count). The average molecular weight is 439 g/mol. The van der Waals surface area contributed by atoms with Crippen LogP contribution in [0.3, 0.4) is 0 Å². The van der Waals surface area contributed by atoms with Crippen LogP contribution in [0.4, 0.5) is 0 Å². The number of amides is 1. The predicted molar refractivity (Wildman–Crippen MR) is 124 cm³/mol. The third kappa shape index (κ3) is 5.76. The van der Waals surface area contributed by atoms with Crippen LogP contribution in [0, 0.1) is 5.92 Å². The summed E-state index contributed by atoms with van der Waals surface area (Å²) in [6, 6.07) is 18.3. The van der Waals surface area contributed by atoms with Crippen molar-refractivity contribution >= 4 is 17.5 Å². The van der Waals surface area contributed by atoms with Gasteiger partial charge in [-0.2, -0.15) is 0 Å². The van der Waals surface area contributed by atoms with Gasteiger partial charge < -0.3 is 14.6 Å². The van der Waals surface area contributed by atoms with Crippen LogP contribution in [0.25, 0.3) is 0 Å². The van der Waals surface area contributed by atoms with Crippen LogP contribution < -0.4 is 15.5 Å². The molecule has 6 heteroatoms. The number of hydrogen-bond donors (Lipinski definition) is 1. The highest BCUT2D eigenvalue weighted by atomic mass is 35.5. The lowest BCUT2D eigenvalue weighted by molar-refractivity contribution is 0.0930. The van der Waals surface area contributed by atoms with Gasteiger partial charge in [0, 0.05) is 29.9 Å². The second kappa shape index (κ2) is 10.3. The van der Waals surface area contributed by atoms with E-state index >= 15 is 0 Å². The van der Waals surface area contributed by atoms with Crippen LogP contribution in [0.2, 0.25) is 5.02 Å². The molecule has 0 saturated carbocycles. The van der Waals surface area contributed by atoms with Crippen molar-refractivity contribution in [3.05, 3.63) is 98.9 Å². The van der Waals surface area contributed by atoms with Gasteiger partial charge in [-0.25, -0.2) is 0 Å². The number of aromatic nitrogens is 1. The van der Waals surface area contributed by atoms with E-state index in [9.17, 15) is 9.59 Å². The predicted octanol–water partition coefficient (Wildman–Crippen LogP) is 5.23. The number of ether oxygens (including phenoxy) is 1. The third-order valence-corrected chi connectivity index (χ3v) is 5.51. The molecule has 0 radical (unpaired) electrons. The molecule has 31 heavy (non-hydrogen) atoms. The second-order valence-corrected chi connectivity index (χ2v) is 8.27. The first-order valence-corrected chi connectivity index (χ1v) is 10.7. The summed E-state index contributed by atoms with van der Waals surface area (Å²) in [7, 11) is 0. The van der Waals surface area contributed by atoms with Crippen LogP contribution in [0.15, 0.2) is 71.7 Å². The maximum Gasteiger partial charge on any atom is 0.272 e. The molecular formula is C25H27ClN2O3. The molecule has 0 fully saturated rings. The Morgan fingerprint density at radius 3 is 2.42 bits per heavy atom. The van der Waals surface area contributed by atoms with Gasteiger partial charge in [-0.3, -0.25) is 9.59 Å². The molecule has 1 heterocycles. The zero-order chi connectivity index (χ0) is 22.4. The molecule has 1 unspecified atom stereocenters. The topological polar surface area (TPSA) is 60.3 Å². The summed E-state index contributed by atoms with van der Waals surface area (Å²) in [5, 5.41) is 3.51. The zero-order valence-electron chi connectivity index (χ0n) is 18.0. The van der Waals surface area contributed by atoms with E-state index in [0.717, 1.165) is 11.1 Å². The SMILES string of the molecule is CC(C)C(C)n1ccc(=O)c(OCc2ccccc2)c1C(=O)NCc1cccc(Cl)c1. The van der Waals surface area contributed by atoms with E-state index in [1.54, 1.807) is 18.3 Å². The Morgan fingerprint density at radius 2 is 1.74 bits per heavy atom. The number of hydrogen-bond acceptors (Lipinski definition) is 3. The van der Waals surface area contributed by atoms with Crippen LogP contribution in [0.1, 0.15) is 48.4 Å². The van der Waals surface area contributed by atoms with Crippen molar-refractivity contribution in [1.82, 2.24) is 9.88 Å². The van der Waals surface area contributed by atoms with Gasteiger partial charge in [0.1, 0.15) is 6.61 Å². The van der Waals surface area contributed by atoms with Crippen molar-refractivity contribution in [1.29, 1.82) is 0 Å². The molecule has 0 spiro atoms. The molecule has 1 atom stereocenters. The molecule has 0 saturated heterocycles. The van der Waals surface area contributed by atoms with E-state index < -0.39 is 0 Å². The summed E-state index contributed by atoms with van der Waals surface area (Å²) in [5.74, 6) is -0.0559. The Bertz CT molecular complexity index is 1090. The summed E-state index contributed by atoms with van der Waals surface area (Å²) in [6.45, 7) is 6.65. The second-order valence-electron chi connectivity index (χ2n) is 7.84. The molecule has 0 bridgehead atoms. The molecule has 2 aromatic carbocycles. The molecule has 162 valence electrons. The smallest absolute Gasteiger partial charge is 0.272 e. The van der Waals surface area contributed by atoms with Gasteiger partial charge in [-0.15, -0.1) is 0 Å². The van der Waals surface area contributed by atoms with Crippen molar-refractivity contribution < 1.29 is 9.53 Å². The van der Waals surface area contributed by atoms with Crippen LogP contribution in [0.5, 0.6) is 5.75 Å². The summed E-state index contributed by atoms with van der Waals surface area (Å²) in [4.78, 5) is 25.9. The van der Waals surface area contributed by atoms with Crippen molar-refractivity contribution in [2.75, 3.05) is 0 Å². The number of rotatable bonds is 8. The lowest BCUT2D eigenvalue weighted by Gasteiger charge is -2.24. The van der Waals surface area contributed by atoms with Gasteiger partial charge in [-0.05, 0) is 36.1 Å². The van der Waals surface area contributed by atoms with E-state index in [-0.39, 0.29) is 47.9 Å². The highest BCUT2D eigenvalue weighted by Crippen LogP contribution is 2.24. The van der Waals surface area contributed by atoms with E-state index in [1.807, 2.05) is 54.0 Å². The molecule has 1 N–H and O–H groups in total. The molecule has 0 aliphatic heterocycles. The Balaban J connectivity index is 1.94. The van der Waals surface area contributed by atoms with Gasteiger partial charge in [-0.1, -0.05) is 67.9 Å². The number of benzene rings is 2. The normalized spacial score (nSPS) is 11.9. The van der Waals surface area contributed by atoms with Crippen molar-refractivity contribution in [2.45, 2.75) is 40.0 Å². The maximum atomic E-state index is 13.3. The minimum absolute atomic E-state index is 0.00778. The molecule has 1 amide bonds. The van der Waals surface area contributed by atoms with Crippen molar-refractivity contribution in [2.24, 2.45) is 5.92 Å². The fourth-order valence-corrected chi connectivity index (χ4v) is 3.41. The summed E-state index contributed by atoms with van der Waals surface area (Å²) >= 11 is 6.05. The van der Waals surface area contributed by atoms with Crippen LogP contribution in [-0.2, 0) is 13.2 Å². The number of carbonyl (C=O) groups is 1. The first-order valence-electron chi connectivity index (χ1n) is 10.3. The quantitative estimate of drug-likeness (QED) is 0.524. The van der Waals surface area contributed by atoms with Crippen molar-refractivity contribution in [3.63, 3.8) is 0 Å².